The summed E-state index contributed by atoms with van der Waals surface area (Å²) in [6.45, 7) is 0. The van der Waals surface area contributed by atoms with Gasteiger partial charge in [-0.2, -0.15) is 0 Å². The van der Waals surface area contributed by atoms with E-state index in [4.69, 9.17) is 9.47 Å². The molecule has 3 aliphatic rings. The van der Waals surface area contributed by atoms with Crippen molar-refractivity contribution in [3.05, 3.63) is 0 Å². The summed E-state index contributed by atoms with van der Waals surface area (Å²) in [6, 6.07) is 0. The maximum Gasteiger partial charge on any atom is 0.320 e. The van der Waals surface area contributed by atoms with E-state index in [2.05, 4.69) is 0 Å². The smallest absolute Gasteiger partial charge is 0.320 e. The zero-order valence-corrected chi connectivity index (χ0v) is 10.5. The van der Waals surface area contributed by atoms with E-state index in [0.29, 0.717) is 6.42 Å². The number of fused-ring (bicyclic) bond motifs is 1. The molecule has 2 aliphatic carbocycles. The highest BCUT2D eigenvalue weighted by Crippen LogP contribution is 2.68. The lowest BCUT2D eigenvalue weighted by Gasteiger charge is -2.35. The predicted octanol–water partition coefficient (Wildman–Crippen LogP) is 0.234. The lowest BCUT2D eigenvalue weighted by atomic mass is 9.68. The molecular weight excluding hydrogens is 252 g/mol. The summed E-state index contributed by atoms with van der Waals surface area (Å²) in [5.74, 6) is -2.53. The van der Waals surface area contributed by atoms with Gasteiger partial charge >= 0.3 is 17.9 Å². The number of hydrogen-bond acceptors (Lipinski definition) is 6. The van der Waals surface area contributed by atoms with Crippen LogP contribution in [0, 0.1) is 22.7 Å². The zero-order chi connectivity index (χ0) is 13.8. The molecule has 19 heavy (non-hydrogen) atoms. The van der Waals surface area contributed by atoms with E-state index >= 15 is 0 Å². The number of ether oxygens (including phenoxy) is 2. The Morgan fingerprint density at radius 2 is 2.05 bits per heavy atom. The minimum Gasteiger partial charge on any atom is -0.469 e. The van der Waals surface area contributed by atoms with Gasteiger partial charge in [-0.3, -0.25) is 14.4 Å². The van der Waals surface area contributed by atoms with Crippen LogP contribution < -0.4 is 0 Å². The molecule has 3 fully saturated rings. The second-order valence-electron chi connectivity index (χ2n) is 5.77. The highest BCUT2D eigenvalue weighted by molar-refractivity contribution is 6.00. The van der Waals surface area contributed by atoms with Crippen LogP contribution >= 0.6 is 0 Å². The highest BCUT2D eigenvalue weighted by Gasteiger charge is 2.75. The van der Waals surface area contributed by atoms with E-state index in [1.54, 1.807) is 0 Å². The van der Waals surface area contributed by atoms with Gasteiger partial charge in [0.25, 0.3) is 0 Å². The first-order chi connectivity index (χ1) is 8.99. The van der Waals surface area contributed by atoms with Gasteiger partial charge in [0.2, 0.25) is 0 Å². The zero-order valence-electron chi connectivity index (χ0n) is 10.5. The molecule has 1 saturated heterocycles. The number of esters is 3. The van der Waals surface area contributed by atoms with E-state index in [1.165, 1.54) is 7.11 Å². The SMILES string of the molecule is COC(=O)C12CC(C=O)CC13CC(C2)C(=O)OC3=O. The number of rotatable bonds is 2. The molecule has 0 aromatic rings. The third-order valence-electron chi connectivity index (χ3n) is 5.01. The van der Waals surface area contributed by atoms with Gasteiger partial charge in [-0.15, -0.1) is 0 Å². The molecule has 0 aromatic heterocycles. The molecule has 1 spiro atoms. The molecule has 0 radical (unpaired) electrons. The molecule has 2 bridgehead atoms. The van der Waals surface area contributed by atoms with Crippen molar-refractivity contribution in [1.29, 1.82) is 0 Å². The fourth-order valence-corrected chi connectivity index (χ4v) is 4.28. The number of methoxy groups -OCH3 is 1. The summed E-state index contributed by atoms with van der Waals surface area (Å²) in [5, 5.41) is 0. The van der Waals surface area contributed by atoms with E-state index in [-0.39, 0.29) is 25.2 Å². The molecule has 1 aliphatic heterocycles. The monoisotopic (exact) mass is 266 g/mol. The van der Waals surface area contributed by atoms with Crippen molar-refractivity contribution in [1.82, 2.24) is 0 Å². The summed E-state index contributed by atoms with van der Waals surface area (Å²) < 4.78 is 9.63. The molecule has 0 aromatic carbocycles. The van der Waals surface area contributed by atoms with E-state index in [1.807, 2.05) is 0 Å². The predicted molar refractivity (Wildman–Crippen MR) is 59.5 cm³/mol. The summed E-state index contributed by atoms with van der Waals surface area (Å²) in [4.78, 5) is 47.1. The van der Waals surface area contributed by atoms with Crippen LogP contribution in [-0.2, 0) is 28.7 Å². The molecule has 0 N–H and O–H groups in total. The van der Waals surface area contributed by atoms with Crippen molar-refractivity contribution >= 4 is 24.2 Å². The molecular formula is C13H14O6. The Hall–Kier alpha value is -1.72. The number of carbonyl (C=O) groups excluding carboxylic acids is 4. The normalized spacial score (nSPS) is 43.6. The standard InChI is InChI=1S/C13H14O6/c1-18-10(16)12-2-7(6-14)3-13(12)5-8(4-12)9(15)19-11(13)17/h6-8H,2-5H2,1H3. The Bertz CT molecular complexity index is 493. The van der Waals surface area contributed by atoms with Crippen molar-refractivity contribution in [2.75, 3.05) is 7.11 Å². The number of carbonyl (C=O) groups is 4. The Morgan fingerprint density at radius 3 is 2.68 bits per heavy atom. The Labute approximate surface area is 109 Å². The minimum absolute atomic E-state index is 0.245. The second kappa shape index (κ2) is 3.65. The van der Waals surface area contributed by atoms with Crippen molar-refractivity contribution in [3.63, 3.8) is 0 Å². The topological polar surface area (TPSA) is 86.7 Å². The van der Waals surface area contributed by atoms with Gasteiger partial charge in [0.1, 0.15) is 6.29 Å². The van der Waals surface area contributed by atoms with Crippen LogP contribution in [0.1, 0.15) is 25.7 Å². The summed E-state index contributed by atoms with van der Waals surface area (Å²) in [6.07, 6.45) is 1.85. The maximum absolute atomic E-state index is 12.2. The van der Waals surface area contributed by atoms with Crippen LogP contribution in [0.25, 0.3) is 0 Å². The van der Waals surface area contributed by atoms with Crippen molar-refractivity contribution in [3.8, 4) is 0 Å². The second-order valence-corrected chi connectivity index (χ2v) is 5.77. The molecule has 4 unspecified atom stereocenters. The van der Waals surface area contributed by atoms with Gasteiger partial charge in [0.05, 0.1) is 23.9 Å². The van der Waals surface area contributed by atoms with Crippen LogP contribution in [0.5, 0.6) is 0 Å². The lowest BCUT2D eigenvalue weighted by molar-refractivity contribution is -0.181. The minimum atomic E-state index is -1.07. The molecule has 6 nitrogen and oxygen atoms in total. The molecule has 4 atom stereocenters. The number of cyclic esters (lactones) is 2. The quantitative estimate of drug-likeness (QED) is 0.404. The number of hydrogen-bond donors (Lipinski definition) is 0. The molecule has 102 valence electrons. The van der Waals surface area contributed by atoms with Gasteiger partial charge in [-0.05, 0) is 25.7 Å². The van der Waals surface area contributed by atoms with Gasteiger partial charge in [0.15, 0.2) is 0 Å². The molecule has 6 heteroatoms. The fraction of sp³-hybridized carbons (Fsp3) is 0.692. The van der Waals surface area contributed by atoms with Gasteiger partial charge in [0, 0.05) is 5.92 Å². The lowest BCUT2D eigenvalue weighted by Crippen LogP contribution is -2.47. The molecule has 1 heterocycles. The summed E-state index contributed by atoms with van der Waals surface area (Å²) >= 11 is 0. The van der Waals surface area contributed by atoms with Crippen LogP contribution in [-0.4, -0.2) is 31.3 Å². The van der Waals surface area contributed by atoms with Gasteiger partial charge in [-0.1, -0.05) is 0 Å². The molecule has 2 saturated carbocycles. The summed E-state index contributed by atoms with van der Waals surface area (Å²) in [7, 11) is 1.26. The number of aldehydes is 1. The fourth-order valence-electron chi connectivity index (χ4n) is 4.28. The van der Waals surface area contributed by atoms with Crippen molar-refractivity contribution in [2.45, 2.75) is 25.7 Å². The third kappa shape index (κ3) is 1.26. The highest BCUT2D eigenvalue weighted by atomic mass is 16.6. The first-order valence-electron chi connectivity index (χ1n) is 6.29. The molecule has 3 rings (SSSR count). The Balaban J connectivity index is 2.12. The van der Waals surface area contributed by atoms with Crippen molar-refractivity contribution in [2.24, 2.45) is 22.7 Å². The van der Waals surface area contributed by atoms with E-state index < -0.39 is 34.7 Å². The average molecular weight is 266 g/mol. The average Bonchev–Trinajstić information content (AvgIpc) is 2.84. The van der Waals surface area contributed by atoms with E-state index in [0.717, 1.165) is 6.29 Å². The van der Waals surface area contributed by atoms with Crippen LogP contribution in [0.15, 0.2) is 0 Å². The Morgan fingerprint density at radius 1 is 1.32 bits per heavy atom. The van der Waals surface area contributed by atoms with Crippen LogP contribution in [0.3, 0.4) is 0 Å². The first kappa shape index (κ1) is 12.3. The van der Waals surface area contributed by atoms with Gasteiger partial charge < -0.3 is 14.3 Å². The Kier molecular flexibility index (Phi) is 2.37. The van der Waals surface area contributed by atoms with Crippen molar-refractivity contribution < 1.29 is 28.7 Å². The third-order valence-corrected chi connectivity index (χ3v) is 5.01. The van der Waals surface area contributed by atoms with Crippen LogP contribution in [0.4, 0.5) is 0 Å². The maximum atomic E-state index is 12.2. The summed E-state index contributed by atoms with van der Waals surface area (Å²) in [5.41, 5.74) is -2.12. The molecule has 0 amide bonds. The van der Waals surface area contributed by atoms with Gasteiger partial charge in [-0.25, -0.2) is 0 Å². The largest absolute Gasteiger partial charge is 0.469 e. The van der Waals surface area contributed by atoms with E-state index in [9.17, 15) is 19.2 Å². The van der Waals surface area contributed by atoms with Crippen LogP contribution in [0.2, 0.25) is 0 Å². The first-order valence-corrected chi connectivity index (χ1v) is 6.29.